The van der Waals surface area contributed by atoms with Crippen LogP contribution >= 0.6 is 0 Å². The molecule has 0 aliphatic carbocycles. The van der Waals surface area contributed by atoms with Gasteiger partial charge in [-0.05, 0) is 43.3 Å². The summed E-state index contributed by atoms with van der Waals surface area (Å²) in [4.78, 5) is 23.8. The number of hydrazone groups is 1. The zero-order valence-electron chi connectivity index (χ0n) is 17.8. The van der Waals surface area contributed by atoms with Crippen LogP contribution in [0.25, 0.3) is 11.3 Å². The zero-order chi connectivity index (χ0) is 24.3. The quantitative estimate of drug-likeness (QED) is 0.343. The maximum Gasteiger partial charge on any atom is 0.416 e. The number of carbonyl (C=O) groups is 2. The predicted molar refractivity (Wildman–Crippen MR) is 113 cm³/mol. The van der Waals surface area contributed by atoms with E-state index < -0.39 is 23.6 Å². The van der Waals surface area contributed by atoms with Gasteiger partial charge in [-0.2, -0.15) is 23.4 Å². The van der Waals surface area contributed by atoms with Crippen LogP contribution in [0.2, 0.25) is 0 Å². The molecule has 8 nitrogen and oxygen atoms in total. The molecular formula is C22H19F3N4O4. The smallest absolute Gasteiger partial charge is 0.416 e. The first-order valence-electron chi connectivity index (χ1n) is 9.50. The van der Waals surface area contributed by atoms with Crippen LogP contribution in [0.5, 0.6) is 5.75 Å². The summed E-state index contributed by atoms with van der Waals surface area (Å²) >= 11 is 0. The van der Waals surface area contributed by atoms with Crippen molar-refractivity contribution in [3.63, 3.8) is 0 Å². The van der Waals surface area contributed by atoms with Crippen molar-refractivity contribution < 1.29 is 32.6 Å². The summed E-state index contributed by atoms with van der Waals surface area (Å²) in [6, 6.07) is 10.2. The Hall–Kier alpha value is -4.15. The molecule has 0 radical (unpaired) electrons. The number of aromatic hydroxyl groups is 1. The Kier molecular flexibility index (Phi) is 6.52. The van der Waals surface area contributed by atoms with Gasteiger partial charge in [0.05, 0.1) is 23.9 Å². The summed E-state index contributed by atoms with van der Waals surface area (Å²) < 4.78 is 45.0. The van der Waals surface area contributed by atoms with Crippen LogP contribution in [-0.4, -0.2) is 39.6 Å². The fourth-order valence-corrected chi connectivity index (χ4v) is 3.05. The van der Waals surface area contributed by atoms with Gasteiger partial charge in [0.25, 0.3) is 5.91 Å². The van der Waals surface area contributed by atoms with Crippen LogP contribution in [-0.2, 0) is 18.0 Å². The molecule has 11 heteroatoms. The van der Waals surface area contributed by atoms with Crippen LogP contribution in [0, 0.1) is 0 Å². The average Bonchev–Trinajstić information content (AvgIpc) is 3.10. The minimum Gasteiger partial charge on any atom is -0.504 e. The van der Waals surface area contributed by atoms with Gasteiger partial charge in [-0.25, -0.2) is 10.2 Å². The molecule has 0 unspecified atom stereocenters. The number of methoxy groups -OCH3 is 1. The van der Waals surface area contributed by atoms with Gasteiger partial charge < -0.3 is 9.84 Å². The highest BCUT2D eigenvalue weighted by molar-refractivity contribution is 6.02. The second-order valence-electron chi connectivity index (χ2n) is 6.96. The normalized spacial score (nSPS) is 11.9. The number of alkyl halides is 3. The molecule has 0 aliphatic rings. The van der Waals surface area contributed by atoms with E-state index in [1.54, 1.807) is 0 Å². The second kappa shape index (κ2) is 9.15. The lowest BCUT2D eigenvalue weighted by molar-refractivity contribution is -0.137. The van der Waals surface area contributed by atoms with Crippen molar-refractivity contribution in [1.82, 2.24) is 15.2 Å². The van der Waals surface area contributed by atoms with Crippen molar-refractivity contribution >= 4 is 17.6 Å². The first-order chi connectivity index (χ1) is 15.5. The molecule has 1 amide bonds. The summed E-state index contributed by atoms with van der Waals surface area (Å²) in [6.07, 6.45) is -4.54. The Morgan fingerprint density at radius 1 is 1.12 bits per heavy atom. The van der Waals surface area contributed by atoms with Gasteiger partial charge in [-0.1, -0.05) is 12.1 Å². The predicted octanol–water partition coefficient (Wildman–Crippen LogP) is 3.75. The fourth-order valence-electron chi connectivity index (χ4n) is 3.05. The number of hydrogen-bond donors (Lipinski definition) is 2. The lowest BCUT2D eigenvalue weighted by atomic mass is 10.1. The van der Waals surface area contributed by atoms with Gasteiger partial charge in [0.1, 0.15) is 5.69 Å². The molecule has 0 spiro atoms. The molecule has 3 aromatic rings. The maximum atomic E-state index is 13.0. The Balaban J connectivity index is 1.83. The van der Waals surface area contributed by atoms with Crippen molar-refractivity contribution in [1.29, 1.82) is 0 Å². The number of hydrogen-bond acceptors (Lipinski definition) is 6. The Labute approximate surface area is 186 Å². The van der Waals surface area contributed by atoms with E-state index >= 15 is 0 Å². The monoisotopic (exact) mass is 460 g/mol. The van der Waals surface area contributed by atoms with E-state index in [0.29, 0.717) is 0 Å². The van der Waals surface area contributed by atoms with E-state index in [4.69, 9.17) is 0 Å². The molecule has 0 aliphatic heterocycles. The second-order valence-corrected chi connectivity index (χ2v) is 6.96. The van der Waals surface area contributed by atoms with Gasteiger partial charge >= 0.3 is 12.1 Å². The van der Waals surface area contributed by atoms with Crippen molar-refractivity contribution in [3.8, 4) is 17.0 Å². The van der Waals surface area contributed by atoms with E-state index in [1.807, 2.05) is 0 Å². The summed E-state index contributed by atoms with van der Waals surface area (Å²) in [7, 11) is 2.71. The maximum absolute atomic E-state index is 13.0. The lowest BCUT2D eigenvalue weighted by Gasteiger charge is -2.09. The van der Waals surface area contributed by atoms with Crippen LogP contribution in [0.1, 0.15) is 38.9 Å². The number of rotatable bonds is 5. The Morgan fingerprint density at radius 2 is 1.76 bits per heavy atom. The topological polar surface area (TPSA) is 106 Å². The van der Waals surface area contributed by atoms with Crippen LogP contribution in [0.3, 0.4) is 0 Å². The van der Waals surface area contributed by atoms with E-state index in [2.05, 4.69) is 20.4 Å². The van der Waals surface area contributed by atoms with Gasteiger partial charge in [-0.15, -0.1) is 0 Å². The fraction of sp³-hybridized carbons (Fsp3) is 0.182. The first kappa shape index (κ1) is 23.5. The number of nitrogens with zero attached hydrogens (tertiary/aromatic N) is 3. The number of aryl methyl sites for hydroxylation is 1. The molecule has 0 bridgehead atoms. The third kappa shape index (κ3) is 5.03. The Bertz CT molecular complexity index is 1230. The molecule has 0 atom stereocenters. The van der Waals surface area contributed by atoms with Crippen molar-refractivity contribution in [2.75, 3.05) is 7.11 Å². The molecule has 3 rings (SSSR count). The molecule has 0 fully saturated rings. The first-order valence-corrected chi connectivity index (χ1v) is 9.50. The minimum absolute atomic E-state index is 0.00810. The largest absolute Gasteiger partial charge is 0.504 e. The summed E-state index contributed by atoms with van der Waals surface area (Å²) in [6.45, 7) is 1.47. The number of halogens is 3. The van der Waals surface area contributed by atoms with Crippen molar-refractivity contribution in [2.24, 2.45) is 12.1 Å². The minimum atomic E-state index is -4.54. The zero-order valence-corrected chi connectivity index (χ0v) is 17.8. The highest BCUT2D eigenvalue weighted by Gasteiger charge is 2.31. The third-order valence-electron chi connectivity index (χ3n) is 4.72. The molecule has 1 aromatic heterocycles. The van der Waals surface area contributed by atoms with Crippen LogP contribution in [0.4, 0.5) is 13.2 Å². The molecule has 2 aromatic carbocycles. The number of ether oxygens (including phenoxy) is 1. The van der Waals surface area contributed by atoms with E-state index in [9.17, 15) is 27.9 Å². The summed E-state index contributed by atoms with van der Waals surface area (Å²) in [5, 5.41) is 18.7. The molecular weight excluding hydrogens is 441 g/mol. The van der Waals surface area contributed by atoms with Gasteiger partial charge in [0.15, 0.2) is 11.4 Å². The molecule has 2 N–H and O–H groups in total. The molecule has 0 saturated heterocycles. The average molecular weight is 460 g/mol. The number of esters is 1. The number of nitrogens with one attached hydrogen (secondary N) is 1. The number of carbonyl (C=O) groups excluding carboxylic acids is 2. The lowest BCUT2D eigenvalue weighted by Crippen LogP contribution is -2.19. The molecule has 1 heterocycles. The highest BCUT2D eigenvalue weighted by atomic mass is 19.4. The van der Waals surface area contributed by atoms with Crippen molar-refractivity contribution in [2.45, 2.75) is 13.1 Å². The highest BCUT2D eigenvalue weighted by Crippen LogP contribution is 2.36. The molecule has 0 saturated carbocycles. The van der Waals surface area contributed by atoms with Gasteiger partial charge in [0.2, 0.25) is 0 Å². The standard InChI is InChI=1S/C22H19F3N4O4/c1-12(26-27-20(31)13-7-9-14(10-8-13)21(32)33-3)17-19(30)18(29(2)28-17)15-5-4-6-16(11-15)22(23,24)25/h4-11,30H,1-3H3,(H,27,31). The van der Waals surface area contributed by atoms with Gasteiger partial charge in [0, 0.05) is 18.2 Å². The molecule has 33 heavy (non-hydrogen) atoms. The number of benzene rings is 2. The molecule has 172 valence electrons. The van der Waals surface area contributed by atoms with E-state index in [0.717, 1.165) is 12.1 Å². The number of amides is 1. The van der Waals surface area contributed by atoms with Crippen molar-refractivity contribution in [3.05, 3.63) is 70.9 Å². The van der Waals surface area contributed by atoms with E-state index in [-0.39, 0.29) is 39.5 Å². The van der Waals surface area contributed by atoms with Crippen LogP contribution < -0.4 is 5.43 Å². The Morgan fingerprint density at radius 3 is 2.36 bits per heavy atom. The third-order valence-corrected chi connectivity index (χ3v) is 4.72. The summed E-state index contributed by atoms with van der Waals surface area (Å²) in [5.74, 6) is -1.51. The summed E-state index contributed by atoms with van der Waals surface area (Å²) in [5.41, 5.74) is 2.23. The van der Waals surface area contributed by atoms with Gasteiger partial charge in [-0.3, -0.25) is 9.48 Å². The SMILES string of the molecule is COC(=O)c1ccc(C(=O)NN=C(C)c2nn(C)c(-c3cccc(C(F)(F)F)c3)c2O)cc1. The van der Waals surface area contributed by atoms with Crippen LogP contribution in [0.15, 0.2) is 53.6 Å². The number of aromatic nitrogens is 2. The van der Waals surface area contributed by atoms with E-state index in [1.165, 1.54) is 62.2 Å².